The highest BCUT2D eigenvalue weighted by atomic mass is 19.1. The largest absolute Gasteiger partial charge is 0.428 e. The first-order valence-corrected chi connectivity index (χ1v) is 4.98. The highest BCUT2D eigenvalue weighted by Crippen LogP contribution is 2.15. The molecule has 0 aliphatic heterocycles. The van der Waals surface area contributed by atoms with Gasteiger partial charge in [-0.1, -0.05) is 0 Å². The van der Waals surface area contributed by atoms with Gasteiger partial charge < -0.3 is 14.4 Å². The second-order valence-electron chi connectivity index (χ2n) is 3.43. The predicted octanol–water partition coefficient (Wildman–Crippen LogP) is 0.736. The molecule has 0 amide bonds. The molecular formula is C10H13FN4O3. The van der Waals surface area contributed by atoms with Crippen LogP contribution in [0.5, 0.6) is 6.01 Å². The summed E-state index contributed by atoms with van der Waals surface area (Å²) in [6, 6.07) is -0.122. The minimum Gasteiger partial charge on any atom is -0.428 e. The number of hydrogen-bond acceptors (Lipinski definition) is 6. The number of carbonyl (C=O) groups is 1. The van der Waals surface area contributed by atoms with Crippen LogP contribution in [-0.4, -0.2) is 48.1 Å². The number of rotatable bonds is 5. The summed E-state index contributed by atoms with van der Waals surface area (Å²) >= 11 is 0. The van der Waals surface area contributed by atoms with Gasteiger partial charge in [-0.25, -0.2) is 14.4 Å². The van der Waals surface area contributed by atoms with Crippen LogP contribution >= 0.6 is 0 Å². The number of halogens is 1. The molecule has 7 nitrogen and oxygen atoms in total. The van der Waals surface area contributed by atoms with Gasteiger partial charge in [-0.2, -0.15) is 4.98 Å². The second kappa shape index (κ2) is 6.48. The molecule has 0 aliphatic rings. The Hall–Kier alpha value is -2.25. The Balaban J connectivity index is 2.71. The van der Waals surface area contributed by atoms with Crippen molar-refractivity contribution in [3.8, 4) is 6.01 Å². The van der Waals surface area contributed by atoms with Crippen LogP contribution in [-0.2, 0) is 9.53 Å². The lowest BCUT2D eigenvalue weighted by Gasteiger charge is -2.05. The predicted molar refractivity (Wildman–Crippen MR) is 61.1 cm³/mol. The Morgan fingerprint density at radius 2 is 2.33 bits per heavy atom. The number of esters is 1. The number of carbonyl (C=O) groups excluding carboxylic acids is 1. The van der Waals surface area contributed by atoms with Crippen molar-refractivity contribution in [2.24, 2.45) is 4.99 Å². The van der Waals surface area contributed by atoms with Crippen molar-refractivity contribution in [1.82, 2.24) is 14.9 Å². The Bertz CT molecular complexity index is 451. The third-order valence-electron chi connectivity index (χ3n) is 1.56. The summed E-state index contributed by atoms with van der Waals surface area (Å²) in [4.78, 5) is 23.2. The lowest BCUT2D eigenvalue weighted by molar-refractivity contribution is -0.147. The van der Waals surface area contributed by atoms with Gasteiger partial charge in [0, 0.05) is 21.0 Å². The zero-order valence-electron chi connectivity index (χ0n) is 10.3. The molecule has 1 rings (SSSR count). The maximum atomic E-state index is 13.3. The van der Waals surface area contributed by atoms with Crippen molar-refractivity contribution in [1.29, 1.82) is 0 Å². The molecule has 0 fully saturated rings. The van der Waals surface area contributed by atoms with E-state index in [9.17, 15) is 9.18 Å². The molecule has 1 heterocycles. The normalized spacial score (nSPS) is 10.4. The SMILES string of the molecule is CC(=O)OCOc1ncc(F)c(/N=C/N(C)C)n1. The van der Waals surface area contributed by atoms with Gasteiger partial charge in [0.15, 0.2) is 11.6 Å². The molecule has 0 aliphatic carbocycles. The van der Waals surface area contributed by atoms with E-state index in [2.05, 4.69) is 19.7 Å². The van der Waals surface area contributed by atoms with Crippen LogP contribution < -0.4 is 4.74 Å². The van der Waals surface area contributed by atoms with Gasteiger partial charge in [0.1, 0.15) is 0 Å². The molecule has 0 saturated heterocycles. The van der Waals surface area contributed by atoms with Crippen LogP contribution in [0.25, 0.3) is 0 Å². The molecule has 0 N–H and O–H groups in total. The van der Waals surface area contributed by atoms with Crippen molar-refractivity contribution >= 4 is 18.1 Å². The number of ether oxygens (including phenoxy) is 2. The van der Waals surface area contributed by atoms with E-state index in [1.54, 1.807) is 19.0 Å². The molecular weight excluding hydrogens is 243 g/mol. The third kappa shape index (κ3) is 4.73. The monoisotopic (exact) mass is 256 g/mol. The highest BCUT2D eigenvalue weighted by molar-refractivity contribution is 5.65. The molecule has 0 saturated carbocycles. The summed E-state index contributed by atoms with van der Waals surface area (Å²) in [7, 11) is 3.47. The molecule has 98 valence electrons. The second-order valence-corrected chi connectivity index (χ2v) is 3.43. The highest BCUT2D eigenvalue weighted by Gasteiger charge is 2.06. The molecule has 18 heavy (non-hydrogen) atoms. The van der Waals surface area contributed by atoms with E-state index in [1.807, 2.05) is 0 Å². The van der Waals surface area contributed by atoms with Crippen molar-refractivity contribution in [2.45, 2.75) is 6.92 Å². The van der Waals surface area contributed by atoms with E-state index < -0.39 is 11.8 Å². The number of hydrogen-bond donors (Lipinski definition) is 0. The third-order valence-corrected chi connectivity index (χ3v) is 1.56. The Morgan fingerprint density at radius 1 is 1.61 bits per heavy atom. The van der Waals surface area contributed by atoms with E-state index in [1.165, 1.54) is 13.3 Å². The van der Waals surface area contributed by atoms with E-state index in [0.717, 1.165) is 6.20 Å². The molecule has 0 spiro atoms. The van der Waals surface area contributed by atoms with Crippen molar-refractivity contribution in [3.05, 3.63) is 12.0 Å². The van der Waals surface area contributed by atoms with E-state index in [4.69, 9.17) is 4.74 Å². The molecule has 0 atom stereocenters. The molecule has 0 aromatic carbocycles. The summed E-state index contributed by atoms with van der Waals surface area (Å²) in [5.41, 5.74) is 0. The summed E-state index contributed by atoms with van der Waals surface area (Å²) in [6.45, 7) is 0.902. The Labute approximate surface area is 103 Å². The van der Waals surface area contributed by atoms with Crippen LogP contribution in [0.3, 0.4) is 0 Å². The number of aliphatic imine (C=N–C) groups is 1. The fourth-order valence-corrected chi connectivity index (χ4v) is 0.838. The van der Waals surface area contributed by atoms with Crippen molar-refractivity contribution < 1.29 is 18.7 Å². The average molecular weight is 256 g/mol. The molecule has 0 radical (unpaired) electrons. The molecule has 1 aromatic heterocycles. The van der Waals surface area contributed by atoms with Gasteiger partial charge in [0.25, 0.3) is 0 Å². The summed E-state index contributed by atoms with van der Waals surface area (Å²) < 4.78 is 22.7. The van der Waals surface area contributed by atoms with Gasteiger partial charge >= 0.3 is 12.0 Å². The van der Waals surface area contributed by atoms with E-state index in [0.29, 0.717) is 0 Å². The molecule has 0 unspecified atom stereocenters. The molecule has 1 aromatic rings. The first-order chi connectivity index (χ1) is 8.49. The van der Waals surface area contributed by atoms with Crippen molar-refractivity contribution in [2.75, 3.05) is 20.9 Å². The molecule has 8 heteroatoms. The maximum Gasteiger partial charge on any atom is 0.321 e. The smallest absolute Gasteiger partial charge is 0.321 e. The lowest BCUT2D eigenvalue weighted by atomic mass is 10.5. The van der Waals surface area contributed by atoms with Gasteiger partial charge in [0.05, 0.1) is 12.5 Å². The van der Waals surface area contributed by atoms with Crippen molar-refractivity contribution in [3.63, 3.8) is 0 Å². The van der Waals surface area contributed by atoms with Gasteiger partial charge in [0.2, 0.25) is 6.79 Å². The fourth-order valence-electron chi connectivity index (χ4n) is 0.838. The lowest BCUT2D eigenvalue weighted by Crippen LogP contribution is -2.09. The summed E-state index contributed by atoms with van der Waals surface area (Å²) in [5.74, 6) is -1.33. The Morgan fingerprint density at radius 3 is 2.94 bits per heavy atom. The van der Waals surface area contributed by atoms with Crippen LogP contribution in [0.4, 0.5) is 10.2 Å². The molecule has 0 bridgehead atoms. The van der Waals surface area contributed by atoms with Crippen LogP contribution in [0.2, 0.25) is 0 Å². The zero-order chi connectivity index (χ0) is 13.5. The maximum absolute atomic E-state index is 13.3. The van der Waals surface area contributed by atoms with Crippen LogP contribution in [0.1, 0.15) is 6.92 Å². The standard InChI is InChI=1S/C10H13FN4O3/c1-7(16)17-6-18-10-12-4-8(11)9(14-10)13-5-15(2)3/h4-5H,6H2,1-3H3/b13-5+. The topological polar surface area (TPSA) is 76.9 Å². The van der Waals surface area contributed by atoms with Crippen LogP contribution in [0.15, 0.2) is 11.2 Å². The minimum absolute atomic E-state index is 0.122. The summed E-state index contributed by atoms with van der Waals surface area (Å²) in [5, 5.41) is 0. The van der Waals surface area contributed by atoms with Gasteiger partial charge in [-0.15, -0.1) is 0 Å². The zero-order valence-corrected chi connectivity index (χ0v) is 10.3. The average Bonchev–Trinajstić information content (AvgIpc) is 2.29. The number of aromatic nitrogens is 2. The number of nitrogens with zero attached hydrogens (tertiary/aromatic N) is 4. The fraction of sp³-hybridized carbons (Fsp3) is 0.400. The van der Waals surface area contributed by atoms with E-state index >= 15 is 0 Å². The summed E-state index contributed by atoms with van der Waals surface area (Å²) in [6.07, 6.45) is 2.32. The minimum atomic E-state index is -0.673. The Kier molecular flexibility index (Phi) is 4.97. The quantitative estimate of drug-likeness (QED) is 0.334. The van der Waals surface area contributed by atoms with Crippen LogP contribution in [0, 0.1) is 5.82 Å². The first-order valence-electron chi connectivity index (χ1n) is 4.98. The first kappa shape index (κ1) is 13.8. The van der Waals surface area contributed by atoms with Gasteiger partial charge in [-0.05, 0) is 0 Å². The van der Waals surface area contributed by atoms with E-state index in [-0.39, 0.29) is 18.6 Å². The van der Waals surface area contributed by atoms with Gasteiger partial charge in [-0.3, -0.25) is 4.79 Å².